The van der Waals surface area contributed by atoms with Crippen molar-refractivity contribution >= 4 is 10.0 Å². The van der Waals surface area contributed by atoms with Crippen LogP contribution in [-0.2, 0) is 10.0 Å². The first-order valence-corrected chi connectivity index (χ1v) is 9.62. The first-order valence-electron chi connectivity index (χ1n) is 8.14. The van der Waals surface area contributed by atoms with Gasteiger partial charge in [0.1, 0.15) is 6.61 Å². The van der Waals surface area contributed by atoms with Gasteiger partial charge in [-0.05, 0) is 44.0 Å². The van der Waals surface area contributed by atoms with Crippen LogP contribution in [0.3, 0.4) is 0 Å². The molecule has 0 spiro atoms. The highest BCUT2D eigenvalue weighted by atomic mass is 32.2. The predicted molar refractivity (Wildman–Crippen MR) is 102 cm³/mol. The van der Waals surface area contributed by atoms with E-state index in [1.54, 1.807) is 33.1 Å². The fourth-order valence-electron chi connectivity index (χ4n) is 2.76. The molecule has 0 bridgehead atoms. The van der Waals surface area contributed by atoms with E-state index in [9.17, 15) is 8.42 Å². The summed E-state index contributed by atoms with van der Waals surface area (Å²) >= 11 is 0. The van der Waals surface area contributed by atoms with Gasteiger partial charge in [-0.15, -0.1) is 0 Å². The summed E-state index contributed by atoms with van der Waals surface area (Å²) in [5.74, 6) is 6.77. The van der Waals surface area contributed by atoms with Crippen LogP contribution in [0.1, 0.15) is 16.7 Å². The summed E-state index contributed by atoms with van der Waals surface area (Å²) in [5.41, 5.74) is 2.48. The molecular weight excluding hydrogens is 350 g/mol. The van der Waals surface area contributed by atoms with Crippen molar-refractivity contribution in [3.8, 4) is 23.3 Å². The lowest BCUT2D eigenvalue weighted by Crippen LogP contribution is -2.25. The Kier molecular flexibility index (Phi) is 6.67. The zero-order valence-corrected chi connectivity index (χ0v) is 16.2. The molecular formula is C20H23NO4S. The number of aryl methyl sites for hydroxylation is 3. The van der Waals surface area contributed by atoms with E-state index in [4.69, 9.17) is 9.47 Å². The minimum atomic E-state index is -3.60. The highest BCUT2D eigenvalue weighted by molar-refractivity contribution is 7.89. The second-order valence-electron chi connectivity index (χ2n) is 5.85. The number of sulfonamides is 1. The number of hydrogen-bond donors (Lipinski definition) is 1. The van der Waals surface area contributed by atoms with Gasteiger partial charge in [0.15, 0.2) is 11.5 Å². The van der Waals surface area contributed by atoms with E-state index in [2.05, 4.69) is 16.6 Å². The quantitative estimate of drug-likeness (QED) is 0.791. The molecule has 6 heteroatoms. The molecule has 0 aromatic heterocycles. The topological polar surface area (TPSA) is 64.6 Å². The third-order valence-electron chi connectivity index (χ3n) is 3.72. The number of hydrogen-bond acceptors (Lipinski definition) is 4. The van der Waals surface area contributed by atoms with E-state index < -0.39 is 10.0 Å². The van der Waals surface area contributed by atoms with E-state index in [0.29, 0.717) is 16.4 Å². The summed E-state index contributed by atoms with van der Waals surface area (Å²) in [6.07, 6.45) is 0. The molecule has 2 aromatic rings. The molecule has 0 amide bonds. The monoisotopic (exact) mass is 373 g/mol. The highest BCUT2D eigenvalue weighted by Crippen LogP contribution is 2.25. The first-order chi connectivity index (χ1) is 12.3. The molecule has 2 rings (SSSR count). The predicted octanol–water partition coefficient (Wildman–Crippen LogP) is 2.98. The van der Waals surface area contributed by atoms with Gasteiger partial charge in [0.2, 0.25) is 10.0 Å². The van der Waals surface area contributed by atoms with Crippen molar-refractivity contribution in [3.05, 3.63) is 53.1 Å². The number of para-hydroxylation sites is 2. The lowest BCUT2D eigenvalue weighted by Gasteiger charge is -2.11. The minimum absolute atomic E-state index is 0.0182. The Morgan fingerprint density at radius 1 is 1.00 bits per heavy atom. The average molecular weight is 373 g/mol. The van der Waals surface area contributed by atoms with E-state index >= 15 is 0 Å². The van der Waals surface area contributed by atoms with Gasteiger partial charge in [0.25, 0.3) is 0 Å². The lowest BCUT2D eigenvalue weighted by atomic mass is 10.1. The minimum Gasteiger partial charge on any atom is -0.493 e. The summed E-state index contributed by atoms with van der Waals surface area (Å²) < 4.78 is 38.2. The Morgan fingerprint density at radius 2 is 1.62 bits per heavy atom. The third-order valence-corrected chi connectivity index (χ3v) is 5.42. The van der Waals surface area contributed by atoms with Crippen molar-refractivity contribution in [1.82, 2.24) is 4.72 Å². The number of methoxy groups -OCH3 is 1. The van der Waals surface area contributed by atoms with Crippen LogP contribution >= 0.6 is 0 Å². The molecule has 0 fully saturated rings. The maximum atomic E-state index is 12.5. The smallest absolute Gasteiger partial charge is 0.241 e. The van der Waals surface area contributed by atoms with Crippen LogP contribution in [0.4, 0.5) is 0 Å². The van der Waals surface area contributed by atoms with Gasteiger partial charge < -0.3 is 9.47 Å². The van der Waals surface area contributed by atoms with Gasteiger partial charge in [0, 0.05) is 0 Å². The van der Waals surface area contributed by atoms with Crippen molar-refractivity contribution in [2.24, 2.45) is 0 Å². The Balaban J connectivity index is 1.95. The molecule has 0 unspecified atom stereocenters. The van der Waals surface area contributed by atoms with Gasteiger partial charge in [-0.2, -0.15) is 4.72 Å². The Morgan fingerprint density at radius 3 is 2.23 bits per heavy atom. The molecule has 0 aliphatic rings. The molecule has 2 aromatic carbocycles. The zero-order chi connectivity index (χ0) is 19.2. The number of nitrogens with one attached hydrogen (secondary N) is 1. The van der Waals surface area contributed by atoms with Gasteiger partial charge in [-0.3, -0.25) is 0 Å². The van der Waals surface area contributed by atoms with Crippen molar-refractivity contribution in [3.63, 3.8) is 0 Å². The number of ether oxygens (including phenoxy) is 2. The molecule has 0 atom stereocenters. The van der Waals surface area contributed by atoms with Crippen LogP contribution in [0.2, 0.25) is 0 Å². The second-order valence-corrected chi connectivity index (χ2v) is 7.55. The SMILES string of the molecule is COc1ccccc1OCC#CCNS(=O)(=O)c1c(C)cc(C)cc1C. The zero-order valence-electron chi connectivity index (χ0n) is 15.4. The first kappa shape index (κ1) is 19.8. The third kappa shape index (κ3) is 5.01. The fourth-order valence-corrected chi connectivity index (χ4v) is 4.13. The van der Waals surface area contributed by atoms with Gasteiger partial charge >= 0.3 is 0 Å². The summed E-state index contributed by atoms with van der Waals surface area (Å²) in [7, 11) is -2.03. The maximum absolute atomic E-state index is 12.5. The Bertz CT molecular complexity index is 917. The molecule has 138 valence electrons. The molecule has 0 aliphatic carbocycles. The van der Waals surface area contributed by atoms with Crippen molar-refractivity contribution in [1.29, 1.82) is 0 Å². The van der Waals surface area contributed by atoms with Crippen LogP contribution < -0.4 is 14.2 Å². The lowest BCUT2D eigenvalue weighted by molar-refractivity contribution is 0.331. The molecule has 0 radical (unpaired) electrons. The molecule has 0 saturated carbocycles. The van der Waals surface area contributed by atoms with E-state index in [-0.39, 0.29) is 13.2 Å². The molecule has 5 nitrogen and oxygen atoms in total. The van der Waals surface area contributed by atoms with Gasteiger partial charge in [-0.25, -0.2) is 8.42 Å². The normalized spacial score (nSPS) is 10.8. The summed E-state index contributed by atoms with van der Waals surface area (Å²) in [6.45, 7) is 5.69. The van der Waals surface area contributed by atoms with E-state index in [0.717, 1.165) is 16.7 Å². The molecule has 26 heavy (non-hydrogen) atoms. The Hall–Kier alpha value is -2.49. The van der Waals surface area contributed by atoms with Crippen LogP contribution in [-0.4, -0.2) is 28.7 Å². The summed E-state index contributed by atoms with van der Waals surface area (Å²) in [4.78, 5) is 0.315. The van der Waals surface area contributed by atoms with Crippen LogP contribution in [0.5, 0.6) is 11.5 Å². The number of rotatable bonds is 6. The molecule has 0 aliphatic heterocycles. The van der Waals surface area contributed by atoms with Crippen LogP contribution in [0.25, 0.3) is 0 Å². The Labute approximate surface area is 155 Å². The fraction of sp³-hybridized carbons (Fsp3) is 0.300. The molecule has 0 saturated heterocycles. The maximum Gasteiger partial charge on any atom is 0.241 e. The van der Waals surface area contributed by atoms with Crippen LogP contribution in [0.15, 0.2) is 41.3 Å². The van der Waals surface area contributed by atoms with E-state index in [1.807, 2.05) is 31.2 Å². The number of benzene rings is 2. The molecule has 1 N–H and O–H groups in total. The van der Waals surface area contributed by atoms with Crippen LogP contribution in [0, 0.1) is 32.6 Å². The van der Waals surface area contributed by atoms with Crippen molar-refractivity contribution in [2.45, 2.75) is 25.7 Å². The standard InChI is InChI=1S/C20H23NO4S/c1-15-13-16(2)20(17(3)14-15)26(22,23)21-11-7-8-12-25-19-10-6-5-9-18(19)24-4/h5-6,9-10,13-14,21H,11-12H2,1-4H3. The van der Waals surface area contributed by atoms with Crippen molar-refractivity contribution < 1.29 is 17.9 Å². The highest BCUT2D eigenvalue weighted by Gasteiger charge is 2.18. The van der Waals surface area contributed by atoms with Gasteiger partial charge in [0.05, 0.1) is 18.6 Å². The van der Waals surface area contributed by atoms with Gasteiger partial charge in [-0.1, -0.05) is 41.7 Å². The average Bonchev–Trinajstić information content (AvgIpc) is 2.57. The second kappa shape index (κ2) is 8.75. The van der Waals surface area contributed by atoms with Crippen molar-refractivity contribution in [2.75, 3.05) is 20.3 Å². The molecule has 0 heterocycles. The largest absolute Gasteiger partial charge is 0.493 e. The van der Waals surface area contributed by atoms with E-state index in [1.165, 1.54) is 0 Å². The summed E-state index contributed by atoms with van der Waals surface area (Å²) in [5, 5.41) is 0. The summed E-state index contributed by atoms with van der Waals surface area (Å²) in [6, 6.07) is 11.0.